The first-order chi connectivity index (χ1) is 12.5. The van der Waals surface area contributed by atoms with Crippen molar-refractivity contribution in [2.45, 2.75) is 78.5 Å². The van der Waals surface area contributed by atoms with E-state index in [-0.39, 0.29) is 24.0 Å². The SMILES string of the molecule is CCNC(=NCc1c(C)nn(C)c1C)NC1CC(OCC)C12CCCC2.I. The van der Waals surface area contributed by atoms with Gasteiger partial charge in [0.15, 0.2) is 5.96 Å². The molecule has 0 amide bonds. The lowest BCUT2D eigenvalue weighted by Gasteiger charge is -2.54. The van der Waals surface area contributed by atoms with Gasteiger partial charge in [-0.3, -0.25) is 4.68 Å². The van der Waals surface area contributed by atoms with E-state index in [0.717, 1.165) is 31.2 Å². The molecule has 0 radical (unpaired) electrons. The summed E-state index contributed by atoms with van der Waals surface area (Å²) in [5, 5.41) is 11.6. The van der Waals surface area contributed by atoms with E-state index in [0.29, 0.717) is 24.1 Å². The number of halogens is 1. The van der Waals surface area contributed by atoms with Gasteiger partial charge in [-0.05, 0) is 47.0 Å². The summed E-state index contributed by atoms with van der Waals surface area (Å²) in [5.41, 5.74) is 3.79. The predicted octanol–water partition coefficient (Wildman–Crippen LogP) is 3.45. The molecule has 6 nitrogen and oxygen atoms in total. The molecule has 2 N–H and O–H groups in total. The van der Waals surface area contributed by atoms with E-state index >= 15 is 0 Å². The Kier molecular flexibility index (Phi) is 7.97. The summed E-state index contributed by atoms with van der Waals surface area (Å²) in [6, 6.07) is 0.468. The van der Waals surface area contributed by atoms with E-state index in [4.69, 9.17) is 9.73 Å². The molecule has 0 aliphatic heterocycles. The second-order valence-electron chi connectivity index (χ2n) is 7.79. The standard InChI is InChI=1S/C20H35N5O.HI/c1-6-21-19(22-13-16-14(3)24-25(5)15(16)4)23-17-12-18(26-7-2)20(17)10-8-9-11-20;/h17-18H,6-13H2,1-5H3,(H2,21,22,23);1H. The largest absolute Gasteiger partial charge is 0.378 e. The Morgan fingerprint density at radius 3 is 2.56 bits per heavy atom. The molecule has 27 heavy (non-hydrogen) atoms. The molecule has 2 aliphatic carbocycles. The summed E-state index contributed by atoms with van der Waals surface area (Å²) in [6.07, 6.45) is 6.69. The number of nitrogens with zero attached hydrogens (tertiary/aromatic N) is 3. The summed E-state index contributed by atoms with van der Waals surface area (Å²) >= 11 is 0. The number of rotatable bonds is 6. The van der Waals surface area contributed by atoms with Gasteiger partial charge in [-0.15, -0.1) is 24.0 Å². The first-order valence-electron chi connectivity index (χ1n) is 10.2. The lowest BCUT2D eigenvalue weighted by atomic mass is 9.60. The number of aryl methyl sites for hydroxylation is 2. The van der Waals surface area contributed by atoms with Gasteiger partial charge >= 0.3 is 0 Å². The highest BCUT2D eigenvalue weighted by Gasteiger charge is 2.56. The minimum atomic E-state index is 0. The average molecular weight is 489 g/mol. The van der Waals surface area contributed by atoms with Crippen LogP contribution in [0.15, 0.2) is 4.99 Å². The Morgan fingerprint density at radius 1 is 1.30 bits per heavy atom. The molecular formula is C20H36IN5O. The number of hydrogen-bond acceptors (Lipinski definition) is 3. The summed E-state index contributed by atoms with van der Waals surface area (Å²) in [4.78, 5) is 4.87. The fourth-order valence-electron chi connectivity index (χ4n) is 4.78. The normalized spacial score (nSPS) is 23.8. The van der Waals surface area contributed by atoms with Crippen LogP contribution in [0, 0.1) is 19.3 Å². The third-order valence-corrected chi connectivity index (χ3v) is 6.40. The zero-order chi connectivity index (χ0) is 18.7. The summed E-state index contributed by atoms with van der Waals surface area (Å²) in [6.45, 7) is 10.7. The van der Waals surface area contributed by atoms with Gasteiger partial charge in [0.2, 0.25) is 0 Å². The second kappa shape index (κ2) is 9.58. The average Bonchev–Trinajstić information content (AvgIpc) is 3.21. The van der Waals surface area contributed by atoms with Crippen molar-refractivity contribution >= 4 is 29.9 Å². The quantitative estimate of drug-likeness (QED) is 0.365. The molecule has 2 aliphatic rings. The highest BCUT2D eigenvalue weighted by molar-refractivity contribution is 14.0. The van der Waals surface area contributed by atoms with Crippen LogP contribution in [0.5, 0.6) is 0 Å². The van der Waals surface area contributed by atoms with Gasteiger partial charge in [0, 0.05) is 42.9 Å². The third kappa shape index (κ3) is 4.44. The van der Waals surface area contributed by atoms with E-state index in [1.807, 2.05) is 11.7 Å². The molecule has 1 spiro atoms. The van der Waals surface area contributed by atoms with Gasteiger partial charge < -0.3 is 15.4 Å². The number of aromatic nitrogens is 2. The van der Waals surface area contributed by atoms with E-state index in [1.54, 1.807) is 0 Å². The lowest BCUT2D eigenvalue weighted by Crippen LogP contribution is -2.65. The molecule has 7 heteroatoms. The molecule has 2 fully saturated rings. The summed E-state index contributed by atoms with van der Waals surface area (Å²) in [7, 11) is 1.99. The number of hydrogen-bond donors (Lipinski definition) is 2. The van der Waals surface area contributed by atoms with Crippen LogP contribution in [0.2, 0.25) is 0 Å². The minimum Gasteiger partial charge on any atom is -0.378 e. The van der Waals surface area contributed by atoms with E-state index < -0.39 is 0 Å². The Balaban J connectivity index is 0.00000261. The van der Waals surface area contributed by atoms with Crippen LogP contribution < -0.4 is 10.6 Å². The Labute approximate surface area is 180 Å². The minimum absolute atomic E-state index is 0. The Bertz CT molecular complexity index is 651. The smallest absolute Gasteiger partial charge is 0.191 e. The second-order valence-corrected chi connectivity index (χ2v) is 7.79. The maximum atomic E-state index is 6.04. The molecule has 2 atom stereocenters. The van der Waals surface area contributed by atoms with Crippen LogP contribution in [-0.2, 0) is 18.3 Å². The lowest BCUT2D eigenvalue weighted by molar-refractivity contribution is -0.125. The summed E-state index contributed by atoms with van der Waals surface area (Å²) < 4.78 is 7.98. The van der Waals surface area contributed by atoms with E-state index in [9.17, 15) is 0 Å². The van der Waals surface area contributed by atoms with Gasteiger partial charge in [0.25, 0.3) is 0 Å². The number of nitrogens with one attached hydrogen (secondary N) is 2. The zero-order valence-corrected chi connectivity index (χ0v) is 19.8. The predicted molar refractivity (Wildman–Crippen MR) is 121 cm³/mol. The maximum Gasteiger partial charge on any atom is 0.191 e. The van der Waals surface area contributed by atoms with Crippen molar-refractivity contribution in [3.05, 3.63) is 17.0 Å². The van der Waals surface area contributed by atoms with Gasteiger partial charge in [-0.2, -0.15) is 5.10 Å². The summed E-state index contributed by atoms with van der Waals surface area (Å²) in [5.74, 6) is 0.918. The monoisotopic (exact) mass is 489 g/mol. The van der Waals surface area contributed by atoms with Gasteiger partial charge in [-0.1, -0.05) is 12.8 Å². The van der Waals surface area contributed by atoms with Crippen LogP contribution in [0.4, 0.5) is 0 Å². The van der Waals surface area contributed by atoms with E-state index in [1.165, 1.54) is 36.9 Å². The Morgan fingerprint density at radius 2 is 2.00 bits per heavy atom. The van der Waals surface area contributed by atoms with Crippen LogP contribution in [0.1, 0.15) is 62.9 Å². The number of aliphatic imine (C=N–C) groups is 1. The van der Waals surface area contributed by atoms with Crippen molar-refractivity contribution in [3.63, 3.8) is 0 Å². The number of ether oxygens (including phenoxy) is 1. The van der Waals surface area contributed by atoms with Crippen molar-refractivity contribution in [1.29, 1.82) is 0 Å². The first-order valence-corrected chi connectivity index (χ1v) is 10.2. The van der Waals surface area contributed by atoms with Crippen molar-refractivity contribution in [2.75, 3.05) is 13.2 Å². The Hall–Kier alpha value is -0.830. The highest BCUT2D eigenvalue weighted by Crippen LogP contribution is 2.54. The van der Waals surface area contributed by atoms with E-state index in [2.05, 4.69) is 43.4 Å². The number of guanidine groups is 1. The van der Waals surface area contributed by atoms with Crippen molar-refractivity contribution in [2.24, 2.45) is 17.5 Å². The van der Waals surface area contributed by atoms with Gasteiger partial charge in [0.05, 0.1) is 18.3 Å². The zero-order valence-electron chi connectivity index (χ0n) is 17.5. The van der Waals surface area contributed by atoms with Crippen molar-refractivity contribution in [1.82, 2.24) is 20.4 Å². The van der Waals surface area contributed by atoms with Crippen LogP contribution in [0.25, 0.3) is 0 Å². The molecular weight excluding hydrogens is 453 g/mol. The fourth-order valence-corrected chi connectivity index (χ4v) is 4.78. The molecule has 1 aromatic heterocycles. The topological polar surface area (TPSA) is 63.5 Å². The van der Waals surface area contributed by atoms with Gasteiger partial charge in [-0.25, -0.2) is 4.99 Å². The molecule has 2 unspecified atom stereocenters. The van der Waals surface area contributed by atoms with Crippen LogP contribution in [-0.4, -0.2) is 41.0 Å². The molecule has 0 saturated heterocycles. The molecule has 0 bridgehead atoms. The molecule has 1 aromatic rings. The molecule has 154 valence electrons. The van der Waals surface area contributed by atoms with Crippen LogP contribution >= 0.6 is 24.0 Å². The molecule has 3 rings (SSSR count). The van der Waals surface area contributed by atoms with Crippen molar-refractivity contribution in [3.8, 4) is 0 Å². The molecule has 2 saturated carbocycles. The van der Waals surface area contributed by atoms with Crippen LogP contribution in [0.3, 0.4) is 0 Å². The van der Waals surface area contributed by atoms with Gasteiger partial charge in [0.1, 0.15) is 0 Å². The molecule has 0 aromatic carbocycles. The molecule has 1 heterocycles. The van der Waals surface area contributed by atoms with Crippen molar-refractivity contribution < 1.29 is 4.74 Å². The first kappa shape index (κ1) is 22.5. The maximum absolute atomic E-state index is 6.04. The fraction of sp³-hybridized carbons (Fsp3) is 0.800. The highest BCUT2D eigenvalue weighted by atomic mass is 127. The third-order valence-electron chi connectivity index (χ3n) is 6.40.